The molecule has 0 atom stereocenters. The molecule has 122 valence electrons. The van der Waals surface area contributed by atoms with Crippen LogP contribution in [-0.2, 0) is 13.1 Å². The number of halogens is 1. The molecule has 0 fully saturated rings. The van der Waals surface area contributed by atoms with Gasteiger partial charge in [0.1, 0.15) is 0 Å². The molecule has 0 aliphatic heterocycles. The molecule has 5 heteroatoms. The molecular weight excluding hydrogens is 310 g/mol. The first kappa shape index (κ1) is 17.3. The van der Waals surface area contributed by atoms with Gasteiger partial charge < -0.3 is 15.5 Å². The Labute approximate surface area is 142 Å². The second kappa shape index (κ2) is 7.99. The standard InChI is InChI=1S/C18H22ClN3O/c1-13-9-16(19)7-8-17(13)21-18(23)20-11-14-5-4-6-15(10-14)12-22(2)3/h4-10H,11-12H2,1-3H3,(H2,20,21,23). The molecule has 0 aliphatic rings. The summed E-state index contributed by atoms with van der Waals surface area (Å²) in [4.78, 5) is 14.1. The summed E-state index contributed by atoms with van der Waals surface area (Å²) in [5, 5.41) is 6.37. The first-order chi connectivity index (χ1) is 10.9. The van der Waals surface area contributed by atoms with Gasteiger partial charge in [0, 0.05) is 23.8 Å². The lowest BCUT2D eigenvalue weighted by Gasteiger charge is -2.12. The van der Waals surface area contributed by atoms with Gasteiger partial charge in [-0.3, -0.25) is 0 Å². The molecule has 0 aromatic heterocycles. The number of amides is 2. The molecule has 0 saturated carbocycles. The number of nitrogens with zero attached hydrogens (tertiary/aromatic N) is 1. The Kier molecular flexibility index (Phi) is 6.02. The van der Waals surface area contributed by atoms with E-state index in [1.165, 1.54) is 5.56 Å². The van der Waals surface area contributed by atoms with E-state index in [0.717, 1.165) is 23.4 Å². The van der Waals surface area contributed by atoms with Crippen LogP contribution in [0.2, 0.25) is 5.02 Å². The van der Waals surface area contributed by atoms with E-state index in [9.17, 15) is 4.79 Å². The third kappa shape index (κ3) is 5.58. The maximum Gasteiger partial charge on any atom is 0.319 e. The fraction of sp³-hybridized carbons (Fsp3) is 0.278. The number of anilines is 1. The third-order valence-corrected chi connectivity index (χ3v) is 3.62. The third-order valence-electron chi connectivity index (χ3n) is 3.38. The van der Waals surface area contributed by atoms with Crippen molar-refractivity contribution >= 4 is 23.3 Å². The molecular formula is C18H22ClN3O. The summed E-state index contributed by atoms with van der Waals surface area (Å²) in [7, 11) is 4.07. The molecule has 2 N–H and O–H groups in total. The van der Waals surface area contributed by atoms with E-state index in [1.54, 1.807) is 12.1 Å². The zero-order chi connectivity index (χ0) is 16.8. The minimum atomic E-state index is -0.228. The monoisotopic (exact) mass is 331 g/mol. The summed E-state index contributed by atoms with van der Waals surface area (Å²) in [6.07, 6.45) is 0. The van der Waals surface area contributed by atoms with Gasteiger partial charge in [0.15, 0.2) is 0 Å². The predicted molar refractivity (Wildman–Crippen MR) is 95.9 cm³/mol. The van der Waals surface area contributed by atoms with Gasteiger partial charge in [0.2, 0.25) is 0 Å². The van der Waals surface area contributed by atoms with Crippen LogP contribution in [0.4, 0.5) is 10.5 Å². The van der Waals surface area contributed by atoms with Crippen LogP contribution in [0.5, 0.6) is 0 Å². The number of rotatable bonds is 5. The molecule has 0 saturated heterocycles. The fourth-order valence-corrected chi connectivity index (χ4v) is 2.55. The number of hydrogen-bond acceptors (Lipinski definition) is 2. The summed E-state index contributed by atoms with van der Waals surface area (Å²) >= 11 is 5.91. The maximum atomic E-state index is 12.0. The SMILES string of the molecule is Cc1cc(Cl)ccc1NC(=O)NCc1cccc(CN(C)C)c1. The highest BCUT2D eigenvalue weighted by Gasteiger charge is 2.05. The zero-order valence-electron chi connectivity index (χ0n) is 13.7. The van der Waals surface area contributed by atoms with Crippen LogP contribution in [0.15, 0.2) is 42.5 Å². The van der Waals surface area contributed by atoms with Crippen molar-refractivity contribution in [2.24, 2.45) is 0 Å². The fourth-order valence-electron chi connectivity index (χ4n) is 2.32. The van der Waals surface area contributed by atoms with Crippen LogP contribution < -0.4 is 10.6 Å². The van der Waals surface area contributed by atoms with Crippen molar-refractivity contribution in [3.05, 3.63) is 64.2 Å². The summed E-state index contributed by atoms with van der Waals surface area (Å²) in [6.45, 7) is 3.27. The molecule has 0 spiro atoms. The molecule has 0 aliphatic carbocycles. The van der Waals surface area contributed by atoms with Crippen molar-refractivity contribution in [3.63, 3.8) is 0 Å². The van der Waals surface area contributed by atoms with E-state index in [2.05, 4.69) is 27.7 Å². The van der Waals surface area contributed by atoms with E-state index in [0.29, 0.717) is 11.6 Å². The van der Waals surface area contributed by atoms with Gasteiger partial charge in [-0.05, 0) is 55.9 Å². The van der Waals surface area contributed by atoms with Gasteiger partial charge in [-0.1, -0.05) is 35.9 Å². The van der Waals surface area contributed by atoms with Crippen molar-refractivity contribution in [2.45, 2.75) is 20.0 Å². The van der Waals surface area contributed by atoms with Crippen LogP contribution in [-0.4, -0.2) is 25.0 Å². The molecule has 2 aromatic carbocycles. The lowest BCUT2D eigenvalue weighted by Crippen LogP contribution is -2.28. The Morgan fingerprint density at radius 3 is 2.57 bits per heavy atom. The second-order valence-electron chi connectivity index (χ2n) is 5.82. The molecule has 2 rings (SSSR count). The zero-order valence-corrected chi connectivity index (χ0v) is 14.4. The Hall–Kier alpha value is -2.04. The molecule has 0 heterocycles. The van der Waals surface area contributed by atoms with Crippen molar-refractivity contribution in [3.8, 4) is 0 Å². The predicted octanol–water partition coefficient (Wildman–Crippen LogP) is 4.03. The first-order valence-corrected chi connectivity index (χ1v) is 7.85. The normalized spacial score (nSPS) is 10.7. The minimum absolute atomic E-state index is 0.228. The highest BCUT2D eigenvalue weighted by Crippen LogP contribution is 2.19. The average Bonchev–Trinajstić information content (AvgIpc) is 2.48. The Morgan fingerprint density at radius 2 is 1.87 bits per heavy atom. The van der Waals surface area contributed by atoms with Crippen LogP contribution in [0.25, 0.3) is 0 Å². The highest BCUT2D eigenvalue weighted by molar-refractivity contribution is 6.30. The topological polar surface area (TPSA) is 44.4 Å². The quantitative estimate of drug-likeness (QED) is 0.868. The molecule has 4 nitrogen and oxygen atoms in total. The summed E-state index contributed by atoms with van der Waals surface area (Å²) < 4.78 is 0. The number of carbonyl (C=O) groups excluding carboxylic acids is 1. The Balaban J connectivity index is 1.91. The maximum absolute atomic E-state index is 12.0. The van der Waals surface area contributed by atoms with Crippen molar-refractivity contribution in [1.29, 1.82) is 0 Å². The van der Waals surface area contributed by atoms with Gasteiger partial charge in [0.25, 0.3) is 0 Å². The summed E-state index contributed by atoms with van der Waals surface area (Å²) in [5.41, 5.74) is 3.99. The van der Waals surface area contributed by atoms with Crippen molar-refractivity contribution in [2.75, 3.05) is 19.4 Å². The largest absolute Gasteiger partial charge is 0.334 e. The number of aryl methyl sites for hydroxylation is 1. The summed E-state index contributed by atoms with van der Waals surface area (Å²) in [5.74, 6) is 0. The second-order valence-corrected chi connectivity index (χ2v) is 6.26. The number of benzene rings is 2. The van der Waals surface area contributed by atoms with Gasteiger partial charge in [0.05, 0.1) is 0 Å². The lowest BCUT2D eigenvalue weighted by atomic mass is 10.1. The van der Waals surface area contributed by atoms with Crippen molar-refractivity contribution < 1.29 is 4.79 Å². The van der Waals surface area contributed by atoms with Crippen molar-refractivity contribution in [1.82, 2.24) is 10.2 Å². The van der Waals surface area contributed by atoms with Gasteiger partial charge in [-0.2, -0.15) is 0 Å². The van der Waals surface area contributed by atoms with E-state index < -0.39 is 0 Å². The molecule has 23 heavy (non-hydrogen) atoms. The van der Waals surface area contributed by atoms with Crippen LogP contribution in [0.1, 0.15) is 16.7 Å². The van der Waals surface area contributed by atoms with E-state index in [4.69, 9.17) is 11.6 Å². The highest BCUT2D eigenvalue weighted by atomic mass is 35.5. The molecule has 0 unspecified atom stereocenters. The number of carbonyl (C=O) groups is 1. The smallest absolute Gasteiger partial charge is 0.319 e. The van der Waals surface area contributed by atoms with Gasteiger partial charge in [-0.15, -0.1) is 0 Å². The molecule has 2 amide bonds. The molecule has 0 radical (unpaired) electrons. The van der Waals surface area contributed by atoms with E-state index >= 15 is 0 Å². The number of urea groups is 1. The summed E-state index contributed by atoms with van der Waals surface area (Å²) in [6, 6.07) is 13.4. The van der Waals surface area contributed by atoms with Crippen LogP contribution >= 0.6 is 11.6 Å². The number of hydrogen-bond donors (Lipinski definition) is 2. The molecule has 0 bridgehead atoms. The lowest BCUT2D eigenvalue weighted by molar-refractivity contribution is 0.251. The van der Waals surface area contributed by atoms with E-state index in [-0.39, 0.29) is 6.03 Å². The Bertz CT molecular complexity index is 686. The number of nitrogens with one attached hydrogen (secondary N) is 2. The van der Waals surface area contributed by atoms with Gasteiger partial charge in [-0.25, -0.2) is 4.79 Å². The average molecular weight is 332 g/mol. The van der Waals surface area contributed by atoms with Crippen LogP contribution in [0, 0.1) is 6.92 Å². The Morgan fingerprint density at radius 1 is 1.13 bits per heavy atom. The first-order valence-electron chi connectivity index (χ1n) is 7.47. The van der Waals surface area contributed by atoms with E-state index in [1.807, 2.05) is 39.2 Å². The molecule has 2 aromatic rings. The van der Waals surface area contributed by atoms with Gasteiger partial charge >= 0.3 is 6.03 Å². The minimum Gasteiger partial charge on any atom is -0.334 e. The van der Waals surface area contributed by atoms with Crippen LogP contribution in [0.3, 0.4) is 0 Å².